The molecule has 0 saturated carbocycles. The van der Waals surface area contributed by atoms with E-state index in [0.717, 1.165) is 10.9 Å². The minimum atomic E-state index is -3.37. The van der Waals surface area contributed by atoms with Gasteiger partial charge in [-0.25, -0.2) is 0 Å². The van der Waals surface area contributed by atoms with E-state index in [9.17, 15) is 8.42 Å². The van der Waals surface area contributed by atoms with Crippen molar-refractivity contribution in [2.24, 2.45) is 0 Å². The normalized spacial score (nSPS) is 19.9. The SMILES string of the molecule is CN(C)S(=O)(=O)N1CCC(Oc2cccc3cccnc23)C1. The van der Waals surface area contributed by atoms with Crippen LogP contribution in [0.1, 0.15) is 6.42 Å². The predicted octanol–water partition coefficient (Wildman–Crippen LogP) is 1.49. The minimum absolute atomic E-state index is 0.151. The zero-order valence-electron chi connectivity index (χ0n) is 12.6. The number of pyridine rings is 1. The number of benzene rings is 1. The zero-order chi connectivity index (χ0) is 15.7. The van der Waals surface area contributed by atoms with Crippen molar-refractivity contribution in [1.82, 2.24) is 13.6 Å². The number of ether oxygens (including phenoxy) is 1. The lowest BCUT2D eigenvalue weighted by atomic mass is 10.2. The summed E-state index contributed by atoms with van der Waals surface area (Å²) in [6.07, 6.45) is 2.26. The van der Waals surface area contributed by atoms with Crippen molar-refractivity contribution >= 4 is 21.1 Å². The van der Waals surface area contributed by atoms with Crippen LogP contribution in [0.3, 0.4) is 0 Å². The van der Waals surface area contributed by atoms with Crippen LogP contribution in [0.25, 0.3) is 10.9 Å². The lowest BCUT2D eigenvalue weighted by Crippen LogP contribution is -2.39. The first-order valence-corrected chi connectivity index (χ1v) is 8.56. The highest BCUT2D eigenvalue weighted by molar-refractivity contribution is 7.86. The molecule has 118 valence electrons. The van der Waals surface area contributed by atoms with E-state index in [1.165, 1.54) is 22.7 Å². The number of nitrogens with zero attached hydrogens (tertiary/aromatic N) is 3. The summed E-state index contributed by atoms with van der Waals surface area (Å²) in [7, 11) is -0.294. The molecule has 1 saturated heterocycles. The van der Waals surface area contributed by atoms with E-state index >= 15 is 0 Å². The third-order valence-electron chi connectivity index (χ3n) is 3.78. The highest BCUT2D eigenvalue weighted by atomic mass is 32.2. The Morgan fingerprint density at radius 1 is 1.27 bits per heavy atom. The van der Waals surface area contributed by atoms with Gasteiger partial charge in [-0.15, -0.1) is 0 Å². The molecule has 0 spiro atoms. The largest absolute Gasteiger partial charge is 0.487 e. The average molecular weight is 321 g/mol. The molecule has 2 heterocycles. The standard InChI is InChI=1S/C15H19N3O3S/c1-17(2)22(19,20)18-10-8-13(11-18)21-14-7-3-5-12-6-4-9-16-15(12)14/h3-7,9,13H,8,10-11H2,1-2H3. The summed E-state index contributed by atoms with van der Waals surface area (Å²) in [6.45, 7) is 0.840. The van der Waals surface area contributed by atoms with E-state index in [1.54, 1.807) is 6.20 Å². The van der Waals surface area contributed by atoms with E-state index in [1.807, 2.05) is 30.3 Å². The second-order valence-electron chi connectivity index (χ2n) is 5.51. The van der Waals surface area contributed by atoms with Crippen LogP contribution in [0.4, 0.5) is 0 Å². The molecule has 0 aliphatic carbocycles. The number of fused-ring (bicyclic) bond motifs is 1. The third-order valence-corrected chi connectivity index (χ3v) is 5.69. The van der Waals surface area contributed by atoms with Crippen molar-refractivity contribution in [2.75, 3.05) is 27.2 Å². The number of hydrogen-bond donors (Lipinski definition) is 0. The number of para-hydroxylation sites is 1. The Kier molecular flexibility index (Phi) is 4.03. The molecular weight excluding hydrogens is 302 g/mol. The minimum Gasteiger partial charge on any atom is -0.487 e. The monoisotopic (exact) mass is 321 g/mol. The van der Waals surface area contributed by atoms with E-state index < -0.39 is 10.2 Å². The van der Waals surface area contributed by atoms with Gasteiger partial charge < -0.3 is 4.74 Å². The Hall–Kier alpha value is -1.70. The molecule has 1 unspecified atom stereocenters. The van der Waals surface area contributed by atoms with Crippen LogP contribution in [0.2, 0.25) is 0 Å². The summed E-state index contributed by atoms with van der Waals surface area (Å²) < 4.78 is 32.9. The van der Waals surface area contributed by atoms with E-state index in [4.69, 9.17) is 4.74 Å². The fourth-order valence-electron chi connectivity index (χ4n) is 2.59. The highest BCUT2D eigenvalue weighted by Crippen LogP contribution is 2.26. The van der Waals surface area contributed by atoms with Gasteiger partial charge in [0.2, 0.25) is 0 Å². The maximum atomic E-state index is 12.1. The molecular formula is C15H19N3O3S. The maximum Gasteiger partial charge on any atom is 0.281 e. The Morgan fingerprint density at radius 3 is 2.82 bits per heavy atom. The van der Waals surface area contributed by atoms with Gasteiger partial charge in [-0.05, 0) is 18.6 Å². The van der Waals surface area contributed by atoms with Crippen molar-refractivity contribution in [3.63, 3.8) is 0 Å². The molecule has 0 amide bonds. The number of hydrogen-bond acceptors (Lipinski definition) is 4. The van der Waals surface area contributed by atoms with Gasteiger partial charge in [0, 0.05) is 32.2 Å². The first-order chi connectivity index (χ1) is 10.5. The Labute approximate surface area is 130 Å². The fraction of sp³-hybridized carbons (Fsp3) is 0.400. The van der Waals surface area contributed by atoms with Gasteiger partial charge in [0.1, 0.15) is 17.4 Å². The molecule has 0 N–H and O–H groups in total. The van der Waals surface area contributed by atoms with Crippen LogP contribution >= 0.6 is 0 Å². The average Bonchev–Trinajstić information content (AvgIpc) is 2.97. The lowest BCUT2D eigenvalue weighted by molar-refractivity contribution is 0.217. The molecule has 7 heteroatoms. The molecule has 6 nitrogen and oxygen atoms in total. The quantitative estimate of drug-likeness (QED) is 0.856. The van der Waals surface area contributed by atoms with E-state index in [-0.39, 0.29) is 6.10 Å². The summed E-state index contributed by atoms with van der Waals surface area (Å²) in [5, 5.41) is 1.01. The van der Waals surface area contributed by atoms with Gasteiger partial charge in [-0.3, -0.25) is 4.98 Å². The molecule has 3 rings (SSSR count). The summed E-state index contributed by atoms with van der Waals surface area (Å²) in [5.74, 6) is 0.701. The van der Waals surface area contributed by atoms with Crippen molar-refractivity contribution in [2.45, 2.75) is 12.5 Å². The Morgan fingerprint density at radius 2 is 2.05 bits per heavy atom. The summed E-state index contributed by atoms with van der Waals surface area (Å²) in [6, 6.07) is 9.63. The van der Waals surface area contributed by atoms with Crippen LogP contribution in [-0.4, -0.2) is 55.3 Å². The van der Waals surface area contributed by atoms with Crippen LogP contribution in [-0.2, 0) is 10.2 Å². The number of aromatic nitrogens is 1. The summed E-state index contributed by atoms with van der Waals surface area (Å²) in [4.78, 5) is 4.35. The Bertz CT molecular complexity index is 771. The molecule has 0 radical (unpaired) electrons. The topological polar surface area (TPSA) is 62.7 Å². The summed E-state index contributed by atoms with van der Waals surface area (Å²) >= 11 is 0. The fourth-order valence-corrected chi connectivity index (χ4v) is 3.74. The molecule has 1 fully saturated rings. The van der Waals surface area contributed by atoms with Crippen LogP contribution in [0, 0.1) is 0 Å². The van der Waals surface area contributed by atoms with Gasteiger partial charge in [-0.2, -0.15) is 17.0 Å². The molecule has 1 aromatic heterocycles. The van der Waals surface area contributed by atoms with Crippen molar-refractivity contribution in [1.29, 1.82) is 0 Å². The van der Waals surface area contributed by atoms with Gasteiger partial charge in [0.15, 0.2) is 0 Å². The first kappa shape index (κ1) is 15.2. The third kappa shape index (κ3) is 2.79. The summed E-state index contributed by atoms with van der Waals surface area (Å²) in [5.41, 5.74) is 0.805. The second-order valence-corrected chi connectivity index (χ2v) is 7.65. The van der Waals surface area contributed by atoms with Gasteiger partial charge in [0.05, 0.1) is 6.54 Å². The van der Waals surface area contributed by atoms with Crippen LogP contribution in [0.5, 0.6) is 5.75 Å². The molecule has 0 bridgehead atoms. The van der Waals surface area contributed by atoms with Gasteiger partial charge in [0.25, 0.3) is 10.2 Å². The lowest BCUT2D eigenvalue weighted by Gasteiger charge is -2.21. The predicted molar refractivity (Wildman–Crippen MR) is 85.0 cm³/mol. The molecule has 2 aromatic rings. The van der Waals surface area contributed by atoms with Crippen molar-refractivity contribution in [3.8, 4) is 5.75 Å². The van der Waals surface area contributed by atoms with Gasteiger partial charge in [-0.1, -0.05) is 18.2 Å². The van der Waals surface area contributed by atoms with Crippen LogP contribution < -0.4 is 4.74 Å². The van der Waals surface area contributed by atoms with Gasteiger partial charge >= 0.3 is 0 Å². The van der Waals surface area contributed by atoms with Crippen molar-refractivity contribution in [3.05, 3.63) is 36.5 Å². The first-order valence-electron chi connectivity index (χ1n) is 7.16. The highest BCUT2D eigenvalue weighted by Gasteiger charge is 2.34. The molecule has 1 atom stereocenters. The number of rotatable bonds is 4. The van der Waals surface area contributed by atoms with Crippen LogP contribution in [0.15, 0.2) is 36.5 Å². The molecule has 1 aliphatic rings. The molecule has 1 aliphatic heterocycles. The second kappa shape index (κ2) is 5.83. The smallest absolute Gasteiger partial charge is 0.281 e. The maximum absolute atomic E-state index is 12.1. The zero-order valence-corrected chi connectivity index (χ0v) is 13.5. The van der Waals surface area contributed by atoms with E-state index in [2.05, 4.69) is 4.98 Å². The molecule has 1 aromatic carbocycles. The molecule has 22 heavy (non-hydrogen) atoms. The van der Waals surface area contributed by atoms with Crippen molar-refractivity contribution < 1.29 is 13.2 Å². The van der Waals surface area contributed by atoms with E-state index in [0.29, 0.717) is 25.3 Å². The Balaban J connectivity index is 1.78.